The third-order valence-corrected chi connectivity index (χ3v) is 11.6. The van der Waals surface area contributed by atoms with Crippen LogP contribution < -0.4 is 14.4 Å². The third-order valence-electron chi connectivity index (χ3n) is 11.6. The van der Waals surface area contributed by atoms with E-state index in [0.29, 0.717) is 24.7 Å². The fourth-order valence-electron chi connectivity index (χ4n) is 8.87. The molecule has 3 heterocycles. The van der Waals surface area contributed by atoms with Gasteiger partial charge in [0, 0.05) is 24.8 Å². The number of piperidine rings is 1. The summed E-state index contributed by atoms with van der Waals surface area (Å²) in [6.07, 6.45) is 11.9. The predicted octanol–water partition coefficient (Wildman–Crippen LogP) is 8.48. The van der Waals surface area contributed by atoms with E-state index in [9.17, 15) is 9.59 Å². The Morgan fingerprint density at radius 2 is 1.52 bits per heavy atom. The zero-order valence-corrected chi connectivity index (χ0v) is 31.3. The molecule has 8 nitrogen and oxygen atoms in total. The van der Waals surface area contributed by atoms with Gasteiger partial charge in [-0.1, -0.05) is 94.0 Å². The minimum Gasteiger partial charge on any atom is -0.504 e. The second-order valence-electron chi connectivity index (χ2n) is 14.6. The molecule has 2 fully saturated rings. The van der Waals surface area contributed by atoms with Crippen LogP contribution in [0.1, 0.15) is 82.3 Å². The van der Waals surface area contributed by atoms with Crippen LogP contribution in [0.2, 0.25) is 0 Å². The van der Waals surface area contributed by atoms with Crippen LogP contribution in [0.5, 0.6) is 11.5 Å². The van der Waals surface area contributed by atoms with Crippen LogP contribution in [0.3, 0.4) is 0 Å². The lowest BCUT2D eigenvalue weighted by molar-refractivity contribution is -0.137. The SMILES string of the molecule is CC[C@H]1CN2CC[C@]3(C(=O)N(CCCCCCCCCOc4ccc(OCc5ccccc5)cc4)c4ccccc43)C2C[C@@H]1/C(=C\OC)C(=O)OC. The highest BCUT2D eigenvalue weighted by Gasteiger charge is 2.62. The summed E-state index contributed by atoms with van der Waals surface area (Å²) in [5.74, 6) is 1.88. The van der Waals surface area contributed by atoms with Gasteiger partial charge in [0.15, 0.2) is 0 Å². The molecule has 0 aliphatic carbocycles. The number of hydrogen-bond donors (Lipinski definition) is 0. The third kappa shape index (κ3) is 8.17. The molecule has 1 amide bonds. The van der Waals surface area contributed by atoms with Crippen molar-refractivity contribution in [2.75, 3.05) is 45.4 Å². The highest BCUT2D eigenvalue weighted by atomic mass is 16.5. The number of unbranched alkanes of at least 4 members (excludes halogenated alkanes) is 6. The summed E-state index contributed by atoms with van der Waals surface area (Å²) in [5.41, 5.74) is 3.38. The Balaban J connectivity index is 0.941. The van der Waals surface area contributed by atoms with Crippen LogP contribution in [-0.2, 0) is 31.1 Å². The van der Waals surface area contributed by atoms with Crippen LogP contribution >= 0.6 is 0 Å². The van der Waals surface area contributed by atoms with Crippen molar-refractivity contribution in [3.05, 3.63) is 102 Å². The first-order valence-electron chi connectivity index (χ1n) is 19.4. The van der Waals surface area contributed by atoms with Crippen LogP contribution in [0, 0.1) is 11.8 Å². The zero-order valence-electron chi connectivity index (χ0n) is 31.3. The summed E-state index contributed by atoms with van der Waals surface area (Å²) in [5, 5.41) is 0. The van der Waals surface area contributed by atoms with Crippen molar-refractivity contribution in [2.24, 2.45) is 11.8 Å². The summed E-state index contributed by atoms with van der Waals surface area (Å²) in [4.78, 5) is 32.1. The van der Waals surface area contributed by atoms with Gasteiger partial charge in [-0.25, -0.2) is 4.79 Å². The van der Waals surface area contributed by atoms with Crippen molar-refractivity contribution in [1.29, 1.82) is 0 Å². The molecule has 6 rings (SSSR count). The van der Waals surface area contributed by atoms with Gasteiger partial charge in [0.1, 0.15) is 18.1 Å². The molecule has 3 aromatic rings. The maximum Gasteiger partial charge on any atom is 0.337 e. The maximum absolute atomic E-state index is 14.6. The molecule has 0 aromatic heterocycles. The van der Waals surface area contributed by atoms with E-state index in [2.05, 4.69) is 53.1 Å². The van der Waals surface area contributed by atoms with Crippen LogP contribution in [0.25, 0.3) is 0 Å². The van der Waals surface area contributed by atoms with E-state index in [1.54, 1.807) is 13.4 Å². The number of carbonyl (C=O) groups is 2. The normalized spacial score (nSPS) is 22.7. The molecule has 278 valence electrons. The molecule has 1 spiro atoms. The molecule has 0 saturated carbocycles. The minimum atomic E-state index is -0.581. The van der Waals surface area contributed by atoms with Crippen LogP contribution in [0.4, 0.5) is 5.69 Å². The molecule has 3 aromatic carbocycles. The lowest BCUT2D eigenvalue weighted by Crippen LogP contribution is -2.55. The van der Waals surface area contributed by atoms with Gasteiger partial charge < -0.3 is 23.8 Å². The number of ether oxygens (including phenoxy) is 4. The largest absolute Gasteiger partial charge is 0.504 e. The number of carbonyl (C=O) groups excluding carboxylic acids is 2. The zero-order chi connectivity index (χ0) is 36.3. The average Bonchev–Trinajstić information content (AvgIpc) is 3.68. The predicted molar refractivity (Wildman–Crippen MR) is 204 cm³/mol. The Morgan fingerprint density at radius 3 is 2.23 bits per heavy atom. The first kappa shape index (κ1) is 37.5. The van der Waals surface area contributed by atoms with E-state index < -0.39 is 5.41 Å². The number of nitrogens with zero attached hydrogens (tertiary/aromatic N) is 2. The monoisotopic (exact) mass is 708 g/mol. The number of benzene rings is 3. The van der Waals surface area contributed by atoms with Crippen molar-refractivity contribution < 1.29 is 28.5 Å². The summed E-state index contributed by atoms with van der Waals surface area (Å²) in [6, 6.07) is 26.5. The summed E-state index contributed by atoms with van der Waals surface area (Å²) >= 11 is 0. The van der Waals surface area contributed by atoms with Gasteiger partial charge in [-0.3, -0.25) is 9.69 Å². The topological polar surface area (TPSA) is 77.5 Å². The maximum atomic E-state index is 14.6. The molecule has 2 saturated heterocycles. The molecule has 3 aliphatic rings. The fourth-order valence-corrected chi connectivity index (χ4v) is 8.87. The van der Waals surface area contributed by atoms with Crippen molar-refractivity contribution in [3.63, 3.8) is 0 Å². The number of esters is 1. The average molecular weight is 709 g/mol. The van der Waals surface area contributed by atoms with Gasteiger partial charge in [-0.05, 0) is 85.5 Å². The molecule has 0 radical (unpaired) electrons. The molecule has 0 N–H and O–H groups in total. The first-order chi connectivity index (χ1) is 25.5. The lowest BCUT2D eigenvalue weighted by atomic mass is 9.67. The van der Waals surface area contributed by atoms with Crippen molar-refractivity contribution >= 4 is 17.6 Å². The number of fused-ring (bicyclic) bond motifs is 4. The Bertz CT molecular complexity index is 1640. The van der Waals surface area contributed by atoms with Crippen LogP contribution in [-0.4, -0.2) is 63.3 Å². The van der Waals surface area contributed by atoms with Crippen molar-refractivity contribution in [1.82, 2.24) is 4.90 Å². The van der Waals surface area contributed by atoms with E-state index in [0.717, 1.165) is 92.9 Å². The molecule has 1 unspecified atom stereocenters. The quantitative estimate of drug-likeness (QED) is 0.0568. The van der Waals surface area contributed by atoms with Crippen LogP contribution in [0.15, 0.2) is 90.7 Å². The van der Waals surface area contributed by atoms with Gasteiger partial charge in [-0.15, -0.1) is 0 Å². The number of para-hydroxylation sites is 1. The van der Waals surface area contributed by atoms with Crippen molar-refractivity contribution in [3.8, 4) is 11.5 Å². The van der Waals surface area contributed by atoms with E-state index in [4.69, 9.17) is 18.9 Å². The second kappa shape index (κ2) is 18.0. The lowest BCUT2D eigenvalue weighted by Gasteiger charge is -2.45. The molecule has 8 heteroatoms. The van der Waals surface area contributed by atoms with Gasteiger partial charge in [-0.2, -0.15) is 0 Å². The fraction of sp³-hybridized carbons (Fsp3) is 0.500. The van der Waals surface area contributed by atoms with Gasteiger partial charge in [0.25, 0.3) is 0 Å². The minimum absolute atomic E-state index is 0.0220. The number of hydrogen-bond acceptors (Lipinski definition) is 7. The molecular formula is C44H56N2O6. The molecule has 0 bridgehead atoms. The summed E-state index contributed by atoms with van der Waals surface area (Å²) in [7, 11) is 3.00. The van der Waals surface area contributed by atoms with Gasteiger partial charge in [0.2, 0.25) is 5.91 Å². The number of amides is 1. The Morgan fingerprint density at radius 1 is 0.846 bits per heavy atom. The Labute approximate surface area is 310 Å². The molecular weight excluding hydrogens is 652 g/mol. The standard InChI is InChI=1S/C44H56N2O6/c1-4-34-30-45-27-25-44(41(45)29-37(34)38(32-49-2)42(47)50-3)39-19-13-14-20-40(39)46(43(44)48)26-15-8-6-5-7-9-16-28-51-35-21-23-36(24-22-35)52-31-33-17-11-10-12-18-33/h10-14,17-24,32,34,37,41H,4-9,15-16,25-31H2,1-3H3/b38-32+/t34-,37-,41?,44+/m0/s1. The van der Waals surface area contributed by atoms with E-state index in [1.165, 1.54) is 26.4 Å². The highest BCUT2D eigenvalue weighted by molar-refractivity contribution is 6.09. The number of methoxy groups -OCH3 is 2. The Kier molecular flexibility index (Phi) is 12.9. The van der Waals surface area contributed by atoms with E-state index in [1.807, 2.05) is 42.5 Å². The summed E-state index contributed by atoms with van der Waals surface area (Å²) < 4.78 is 22.4. The van der Waals surface area contributed by atoms with Gasteiger partial charge in [0.05, 0.1) is 38.1 Å². The molecule has 3 aliphatic heterocycles. The Hall–Kier alpha value is -4.30. The number of anilines is 1. The number of rotatable bonds is 18. The summed E-state index contributed by atoms with van der Waals surface area (Å²) in [6.45, 7) is 5.96. The van der Waals surface area contributed by atoms with Crippen molar-refractivity contribution in [2.45, 2.75) is 89.2 Å². The van der Waals surface area contributed by atoms with Gasteiger partial charge >= 0.3 is 5.97 Å². The molecule has 4 atom stereocenters. The highest BCUT2D eigenvalue weighted by Crippen LogP contribution is 2.55. The second-order valence-corrected chi connectivity index (χ2v) is 14.6. The molecule has 52 heavy (non-hydrogen) atoms. The van der Waals surface area contributed by atoms with E-state index in [-0.39, 0.29) is 23.8 Å². The van der Waals surface area contributed by atoms with E-state index >= 15 is 0 Å². The first-order valence-corrected chi connectivity index (χ1v) is 19.4. The smallest absolute Gasteiger partial charge is 0.337 e.